The van der Waals surface area contributed by atoms with Gasteiger partial charge in [0, 0.05) is 16.3 Å². The second-order valence-corrected chi connectivity index (χ2v) is 10.5. The molecule has 0 fully saturated rings. The molecule has 4 aromatic rings. The molecule has 2 N–H and O–H groups in total. The highest BCUT2D eigenvalue weighted by atomic mass is 35.5. The van der Waals surface area contributed by atoms with E-state index in [9.17, 15) is 18.0 Å². The average Bonchev–Trinajstić information content (AvgIpc) is 2.98. The van der Waals surface area contributed by atoms with E-state index in [4.69, 9.17) is 25.8 Å². The maximum Gasteiger partial charge on any atom is 0.343 e. The number of carbonyl (C=O) groups excluding carboxylic acids is 2. The zero-order valence-corrected chi connectivity index (χ0v) is 23.4. The Morgan fingerprint density at radius 1 is 0.805 bits per heavy atom. The maximum atomic E-state index is 12.5. The summed E-state index contributed by atoms with van der Waals surface area (Å²) in [6.45, 7) is 0. The minimum absolute atomic E-state index is 0.0538. The van der Waals surface area contributed by atoms with Gasteiger partial charge in [-0.3, -0.25) is 9.52 Å². The fourth-order valence-electron chi connectivity index (χ4n) is 3.48. The summed E-state index contributed by atoms with van der Waals surface area (Å²) in [5.74, 6) is 0.0402. The molecule has 0 spiro atoms. The van der Waals surface area contributed by atoms with Gasteiger partial charge in [-0.25, -0.2) is 18.6 Å². The van der Waals surface area contributed by atoms with Crippen LogP contribution in [0.4, 0.5) is 5.69 Å². The van der Waals surface area contributed by atoms with Crippen molar-refractivity contribution in [3.63, 3.8) is 0 Å². The van der Waals surface area contributed by atoms with E-state index < -0.39 is 21.9 Å². The molecule has 0 bridgehead atoms. The highest BCUT2D eigenvalue weighted by Gasteiger charge is 2.15. The number of rotatable bonds is 10. The number of nitrogens with zero attached hydrogens (tertiary/aromatic N) is 1. The zero-order chi connectivity index (χ0) is 29.4. The Morgan fingerprint density at radius 2 is 1.46 bits per heavy atom. The lowest BCUT2D eigenvalue weighted by molar-refractivity contribution is 0.0729. The number of hydrogen-bond acceptors (Lipinski definition) is 8. The van der Waals surface area contributed by atoms with Gasteiger partial charge < -0.3 is 14.2 Å². The van der Waals surface area contributed by atoms with Crippen molar-refractivity contribution in [2.45, 2.75) is 4.90 Å². The van der Waals surface area contributed by atoms with Gasteiger partial charge in [0.25, 0.3) is 15.9 Å². The smallest absolute Gasteiger partial charge is 0.343 e. The SMILES string of the molecule is COc1ccc(C(=O)Oc2ccc(/C=N/NC(=O)c3ccc(NS(=O)(=O)c4ccc(Cl)cc4)cc3)cc2OC)cc1. The molecule has 41 heavy (non-hydrogen) atoms. The Morgan fingerprint density at radius 3 is 2.10 bits per heavy atom. The van der Waals surface area contributed by atoms with Crippen LogP contribution in [0.15, 0.2) is 101 Å². The van der Waals surface area contributed by atoms with Gasteiger partial charge in [-0.05, 0) is 96.6 Å². The van der Waals surface area contributed by atoms with E-state index in [0.717, 1.165) is 0 Å². The number of hydrazone groups is 1. The third kappa shape index (κ3) is 7.62. The topological polar surface area (TPSA) is 132 Å². The van der Waals surface area contributed by atoms with Crippen molar-refractivity contribution in [1.29, 1.82) is 0 Å². The molecule has 0 aliphatic rings. The van der Waals surface area contributed by atoms with Crippen LogP contribution in [0, 0.1) is 0 Å². The predicted molar refractivity (Wildman–Crippen MR) is 155 cm³/mol. The lowest BCUT2D eigenvalue weighted by Crippen LogP contribution is -2.18. The summed E-state index contributed by atoms with van der Waals surface area (Å²) in [5.41, 5.74) is 3.85. The van der Waals surface area contributed by atoms with Crippen molar-refractivity contribution >= 4 is 45.4 Å². The van der Waals surface area contributed by atoms with E-state index >= 15 is 0 Å². The third-order valence-corrected chi connectivity index (χ3v) is 7.27. The van der Waals surface area contributed by atoms with Crippen molar-refractivity contribution in [2.24, 2.45) is 5.10 Å². The van der Waals surface area contributed by atoms with Crippen molar-refractivity contribution in [2.75, 3.05) is 18.9 Å². The fraction of sp³-hybridized carbons (Fsp3) is 0.0690. The first-order chi connectivity index (χ1) is 19.7. The molecule has 12 heteroatoms. The number of amides is 1. The molecule has 0 aliphatic carbocycles. The molecule has 4 aromatic carbocycles. The molecule has 0 unspecified atom stereocenters. The van der Waals surface area contributed by atoms with E-state index in [1.165, 1.54) is 69.0 Å². The highest BCUT2D eigenvalue weighted by Crippen LogP contribution is 2.28. The number of methoxy groups -OCH3 is 2. The first-order valence-corrected chi connectivity index (χ1v) is 13.8. The summed E-state index contributed by atoms with van der Waals surface area (Å²) in [4.78, 5) is 25.0. The standard InChI is InChI=1S/C29H24ClN3O7S/c1-38-24-12-6-21(7-13-24)29(35)40-26-16-3-19(17-27(26)39-2)18-31-32-28(34)20-4-10-23(11-5-20)33-41(36,37)25-14-8-22(30)9-15-25/h3-18,33H,1-2H3,(H,32,34)/b31-18+. The van der Waals surface area contributed by atoms with Crippen LogP contribution in [0.3, 0.4) is 0 Å². The predicted octanol–water partition coefficient (Wildman–Crippen LogP) is 5.14. The van der Waals surface area contributed by atoms with Crippen molar-refractivity contribution in [3.05, 3.63) is 113 Å². The summed E-state index contributed by atoms with van der Waals surface area (Å²) >= 11 is 5.82. The first kappa shape index (κ1) is 29.1. The van der Waals surface area contributed by atoms with Gasteiger partial charge >= 0.3 is 5.97 Å². The molecule has 0 aliphatic heterocycles. The van der Waals surface area contributed by atoms with Crippen LogP contribution in [0.25, 0.3) is 0 Å². The van der Waals surface area contributed by atoms with Gasteiger partial charge in [-0.2, -0.15) is 5.10 Å². The normalized spacial score (nSPS) is 11.1. The van der Waals surface area contributed by atoms with E-state index in [-0.39, 0.29) is 21.9 Å². The molecule has 0 saturated carbocycles. The second-order valence-electron chi connectivity index (χ2n) is 8.36. The molecule has 0 radical (unpaired) electrons. The van der Waals surface area contributed by atoms with Gasteiger partial charge in [-0.1, -0.05) is 11.6 Å². The summed E-state index contributed by atoms with van der Waals surface area (Å²) < 4.78 is 43.4. The van der Waals surface area contributed by atoms with Crippen molar-refractivity contribution < 1.29 is 32.2 Å². The number of sulfonamides is 1. The van der Waals surface area contributed by atoms with Crippen molar-refractivity contribution in [1.82, 2.24) is 5.43 Å². The van der Waals surface area contributed by atoms with Crippen LogP contribution in [0.5, 0.6) is 17.2 Å². The largest absolute Gasteiger partial charge is 0.497 e. The zero-order valence-electron chi connectivity index (χ0n) is 21.8. The lowest BCUT2D eigenvalue weighted by atomic mass is 10.2. The number of benzene rings is 4. The minimum Gasteiger partial charge on any atom is -0.497 e. The van der Waals surface area contributed by atoms with E-state index in [1.54, 1.807) is 42.5 Å². The van der Waals surface area contributed by atoms with Gasteiger partial charge in [0.1, 0.15) is 5.75 Å². The van der Waals surface area contributed by atoms with Gasteiger partial charge in [-0.15, -0.1) is 0 Å². The Kier molecular flexibility index (Phi) is 9.23. The minimum atomic E-state index is -3.82. The average molecular weight is 594 g/mol. The molecule has 4 rings (SSSR count). The summed E-state index contributed by atoms with van der Waals surface area (Å²) in [7, 11) is -0.850. The lowest BCUT2D eigenvalue weighted by Gasteiger charge is -2.10. The Labute approximate surface area is 241 Å². The molecule has 210 valence electrons. The Balaban J connectivity index is 1.35. The molecule has 0 aromatic heterocycles. The van der Waals surface area contributed by atoms with Crippen LogP contribution in [-0.4, -0.2) is 40.7 Å². The van der Waals surface area contributed by atoms with Crippen LogP contribution in [0.1, 0.15) is 26.3 Å². The van der Waals surface area contributed by atoms with Gasteiger partial charge in [0.05, 0.1) is 30.9 Å². The summed E-state index contributed by atoms with van der Waals surface area (Å²) in [5, 5.41) is 4.38. The van der Waals surface area contributed by atoms with Crippen LogP contribution >= 0.6 is 11.6 Å². The van der Waals surface area contributed by atoms with Crippen LogP contribution in [0.2, 0.25) is 5.02 Å². The fourth-order valence-corrected chi connectivity index (χ4v) is 4.67. The molecule has 10 nitrogen and oxygen atoms in total. The van der Waals surface area contributed by atoms with E-state index in [0.29, 0.717) is 27.6 Å². The van der Waals surface area contributed by atoms with Crippen LogP contribution < -0.4 is 24.4 Å². The van der Waals surface area contributed by atoms with Gasteiger partial charge in [0.2, 0.25) is 0 Å². The van der Waals surface area contributed by atoms with Crippen LogP contribution in [-0.2, 0) is 10.0 Å². The Hall–Kier alpha value is -4.87. The molecule has 0 atom stereocenters. The second kappa shape index (κ2) is 13.0. The summed E-state index contributed by atoms with van der Waals surface area (Å²) in [6, 6.07) is 22.8. The molecular formula is C29H24ClN3O7S. The maximum absolute atomic E-state index is 12.5. The van der Waals surface area contributed by atoms with Gasteiger partial charge in [0.15, 0.2) is 11.5 Å². The van der Waals surface area contributed by atoms with E-state index in [2.05, 4.69) is 15.2 Å². The Bertz CT molecular complexity index is 1670. The molecule has 1 amide bonds. The number of anilines is 1. The van der Waals surface area contributed by atoms with Crippen molar-refractivity contribution in [3.8, 4) is 17.2 Å². The number of nitrogens with one attached hydrogen (secondary N) is 2. The quantitative estimate of drug-likeness (QED) is 0.113. The highest BCUT2D eigenvalue weighted by molar-refractivity contribution is 7.92. The monoisotopic (exact) mass is 593 g/mol. The molecular weight excluding hydrogens is 570 g/mol. The molecule has 0 heterocycles. The first-order valence-electron chi connectivity index (χ1n) is 11.9. The number of ether oxygens (including phenoxy) is 3. The summed E-state index contributed by atoms with van der Waals surface area (Å²) in [6.07, 6.45) is 1.39. The third-order valence-electron chi connectivity index (χ3n) is 5.62. The van der Waals surface area contributed by atoms with E-state index in [1.807, 2.05) is 0 Å². The number of carbonyl (C=O) groups is 2. The molecule has 0 saturated heterocycles. The number of halogens is 1. The number of hydrogen-bond donors (Lipinski definition) is 2. The number of esters is 1.